The monoisotopic (exact) mass is 259 g/mol. The molecule has 1 aromatic rings. The van der Waals surface area contributed by atoms with Gasteiger partial charge in [-0.15, -0.1) is 0 Å². The molecule has 0 N–H and O–H groups in total. The van der Waals surface area contributed by atoms with Gasteiger partial charge in [0.25, 0.3) is 0 Å². The van der Waals surface area contributed by atoms with Crippen LogP contribution in [0.3, 0.4) is 0 Å². The summed E-state index contributed by atoms with van der Waals surface area (Å²) >= 11 is 0. The van der Waals surface area contributed by atoms with Crippen LogP contribution in [0.15, 0.2) is 12.1 Å². The normalized spacial score (nSPS) is 12.6. The molecule has 0 fully saturated rings. The van der Waals surface area contributed by atoms with Gasteiger partial charge in [0.15, 0.2) is 6.61 Å². The number of aryl methyl sites for hydroxylation is 1. The number of hydrogen-bond acceptors (Lipinski definition) is 2. The van der Waals surface area contributed by atoms with E-state index in [1.165, 1.54) is 6.92 Å². The highest BCUT2D eigenvalue weighted by molar-refractivity contribution is 5.26. The van der Waals surface area contributed by atoms with Crippen LogP contribution in [0, 0.1) is 6.92 Å². The zero-order valence-corrected chi connectivity index (χ0v) is 8.49. The molecule has 0 aliphatic carbocycles. The lowest BCUT2D eigenvalue weighted by molar-refractivity contribution is -0.154. The van der Waals surface area contributed by atoms with Gasteiger partial charge in [0.1, 0.15) is 0 Å². The number of alkyl halides is 6. The van der Waals surface area contributed by atoms with E-state index >= 15 is 0 Å². The van der Waals surface area contributed by atoms with E-state index in [1.807, 2.05) is 0 Å². The van der Waals surface area contributed by atoms with E-state index in [1.54, 1.807) is 0 Å². The largest absolute Gasteiger partial charge is 0.468 e. The molecule has 0 radical (unpaired) electrons. The highest BCUT2D eigenvalue weighted by Gasteiger charge is 2.33. The molecule has 0 aromatic carbocycles. The number of rotatable bonds is 2. The van der Waals surface area contributed by atoms with Crippen LogP contribution in [0.1, 0.15) is 11.3 Å². The van der Waals surface area contributed by atoms with Gasteiger partial charge >= 0.3 is 12.4 Å². The fourth-order valence-electron chi connectivity index (χ4n) is 1.03. The van der Waals surface area contributed by atoms with Gasteiger partial charge in [0.2, 0.25) is 5.88 Å². The summed E-state index contributed by atoms with van der Waals surface area (Å²) in [6.07, 6.45) is -9.27. The molecule has 1 aromatic heterocycles. The van der Waals surface area contributed by atoms with Crippen LogP contribution in [0.25, 0.3) is 0 Å². The van der Waals surface area contributed by atoms with Gasteiger partial charge < -0.3 is 4.74 Å². The summed E-state index contributed by atoms with van der Waals surface area (Å²) in [5, 5.41) is 0. The first kappa shape index (κ1) is 13.6. The first-order valence-electron chi connectivity index (χ1n) is 4.33. The Morgan fingerprint density at radius 1 is 1.12 bits per heavy atom. The van der Waals surface area contributed by atoms with Gasteiger partial charge in [0.05, 0.1) is 5.56 Å². The molecule has 0 atom stereocenters. The molecule has 0 aliphatic rings. The maximum atomic E-state index is 12.3. The molecule has 0 aliphatic heterocycles. The SMILES string of the molecule is Cc1cc(C(F)(F)F)cc(OCC(F)(F)F)n1. The molecular weight excluding hydrogens is 252 g/mol. The van der Waals surface area contributed by atoms with Crippen LogP contribution in [-0.2, 0) is 6.18 Å². The minimum absolute atomic E-state index is 0.0722. The van der Waals surface area contributed by atoms with Crippen molar-refractivity contribution in [1.82, 2.24) is 4.98 Å². The van der Waals surface area contributed by atoms with Crippen LogP contribution in [-0.4, -0.2) is 17.8 Å². The van der Waals surface area contributed by atoms with Crippen LogP contribution in [0.4, 0.5) is 26.3 Å². The molecule has 96 valence electrons. The Morgan fingerprint density at radius 2 is 1.71 bits per heavy atom. The quantitative estimate of drug-likeness (QED) is 0.760. The Bertz CT molecular complexity index is 397. The van der Waals surface area contributed by atoms with Gasteiger partial charge in [-0.1, -0.05) is 0 Å². The highest BCUT2D eigenvalue weighted by Crippen LogP contribution is 2.31. The van der Waals surface area contributed by atoms with Crippen molar-refractivity contribution in [2.24, 2.45) is 0 Å². The Balaban J connectivity index is 2.91. The van der Waals surface area contributed by atoms with Crippen molar-refractivity contribution in [2.45, 2.75) is 19.3 Å². The minimum atomic E-state index is -4.65. The van der Waals surface area contributed by atoms with Gasteiger partial charge in [-0.25, -0.2) is 4.98 Å². The van der Waals surface area contributed by atoms with Gasteiger partial charge in [-0.2, -0.15) is 26.3 Å². The Labute approximate surface area is 92.2 Å². The van der Waals surface area contributed by atoms with E-state index in [-0.39, 0.29) is 5.69 Å². The Morgan fingerprint density at radius 3 is 2.18 bits per heavy atom. The maximum absolute atomic E-state index is 12.3. The number of aromatic nitrogens is 1. The molecule has 17 heavy (non-hydrogen) atoms. The van der Waals surface area contributed by atoms with E-state index in [2.05, 4.69) is 9.72 Å². The second-order valence-corrected chi connectivity index (χ2v) is 3.24. The van der Waals surface area contributed by atoms with Crippen molar-refractivity contribution >= 4 is 0 Å². The second-order valence-electron chi connectivity index (χ2n) is 3.24. The van der Waals surface area contributed by atoms with Crippen LogP contribution >= 0.6 is 0 Å². The molecule has 1 rings (SSSR count). The smallest absolute Gasteiger partial charge is 0.422 e. The third-order valence-electron chi connectivity index (χ3n) is 1.64. The van der Waals surface area contributed by atoms with Crippen LogP contribution in [0.2, 0.25) is 0 Å². The fraction of sp³-hybridized carbons (Fsp3) is 0.444. The van der Waals surface area contributed by atoms with Crippen molar-refractivity contribution in [2.75, 3.05) is 6.61 Å². The molecule has 0 saturated carbocycles. The van der Waals surface area contributed by atoms with E-state index in [0.717, 1.165) is 6.07 Å². The zero-order valence-electron chi connectivity index (χ0n) is 8.49. The average Bonchev–Trinajstić information content (AvgIpc) is 2.11. The topological polar surface area (TPSA) is 22.1 Å². The van der Waals surface area contributed by atoms with E-state index in [0.29, 0.717) is 6.07 Å². The van der Waals surface area contributed by atoms with Crippen molar-refractivity contribution in [1.29, 1.82) is 0 Å². The minimum Gasteiger partial charge on any atom is -0.468 e. The number of nitrogens with zero attached hydrogens (tertiary/aromatic N) is 1. The third-order valence-corrected chi connectivity index (χ3v) is 1.64. The summed E-state index contributed by atoms with van der Waals surface area (Å²) in [6, 6.07) is 1.15. The molecule has 1 heterocycles. The predicted molar refractivity (Wildman–Crippen MR) is 45.5 cm³/mol. The number of hydrogen-bond donors (Lipinski definition) is 0. The standard InChI is InChI=1S/C9H7F6NO/c1-5-2-6(9(13,14)15)3-7(16-5)17-4-8(10,11)12/h2-3H,4H2,1H3. The zero-order chi connectivity index (χ0) is 13.3. The first-order chi connectivity index (χ1) is 7.58. The van der Waals surface area contributed by atoms with E-state index < -0.39 is 30.4 Å². The van der Waals surface area contributed by atoms with Gasteiger partial charge in [-0.3, -0.25) is 0 Å². The molecule has 0 saturated heterocycles. The summed E-state index contributed by atoms with van der Waals surface area (Å²) in [4.78, 5) is 3.43. The van der Waals surface area contributed by atoms with Gasteiger partial charge in [0, 0.05) is 11.8 Å². The van der Waals surface area contributed by atoms with Gasteiger partial charge in [-0.05, 0) is 13.0 Å². The van der Waals surface area contributed by atoms with Crippen LogP contribution < -0.4 is 4.74 Å². The van der Waals surface area contributed by atoms with Crippen LogP contribution in [0.5, 0.6) is 5.88 Å². The number of pyridine rings is 1. The van der Waals surface area contributed by atoms with E-state index in [9.17, 15) is 26.3 Å². The molecule has 2 nitrogen and oxygen atoms in total. The lowest BCUT2D eigenvalue weighted by Gasteiger charge is -2.12. The van der Waals surface area contributed by atoms with Crippen molar-refractivity contribution in [3.05, 3.63) is 23.4 Å². The molecule has 0 spiro atoms. The highest BCUT2D eigenvalue weighted by atomic mass is 19.4. The summed E-state index contributed by atoms with van der Waals surface area (Å²) < 4.78 is 76.5. The van der Waals surface area contributed by atoms with Crippen molar-refractivity contribution in [3.63, 3.8) is 0 Å². The molecular formula is C9H7F6NO. The predicted octanol–water partition coefficient (Wildman–Crippen LogP) is 3.35. The Hall–Kier alpha value is -1.47. The van der Waals surface area contributed by atoms with Crippen molar-refractivity contribution in [3.8, 4) is 5.88 Å². The lowest BCUT2D eigenvalue weighted by atomic mass is 10.2. The summed E-state index contributed by atoms with van der Waals surface area (Å²) in [5.74, 6) is -0.699. The summed E-state index contributed by atoms with van der Waals surface area (Å²) in [6.45, 7) is -0.448. The van der Waals surface area contributed by atoms with E-state index in [4.69, 9.17) is 0 Å². The number of halogens is 6. The van der Waals surface area contributed by atoms with Crippen molar-refractivity contribution < 1.29 is 31.1 Å². The molecule has 8 heteroatoms. The third kappa shape index (κ3) is 4.49. The molecule has 0 unspecified atom stereocenters. The second kappa shape index (κ2) is 4.42. The average molecular weight is 259 g/mol. The number of ether oxygens (including phenoxy) is 1. The first-order valence-corrected chi connectivity index (χ1v) is 4.33. The molecule has 0 amide bonds. The maximum Gasteiger partial charge on any atom is 0.422 e. The lowest BCUT2D eigenvalue weighted by Crippen LogP contribution is -2.20. The Kier molecular flexibility index (Phi) is 3.53. The summed E-state index contributed by atoms with van der Waals surface area (Å²) in [7, 11) is 0. The summed E-state index contributed by atoms with van der Waals surface area (Å²) in [5.41, 5.74) is -1.17. The fourth-order valence-corrected chi connectivity index (χ4v) is 1.03. The molecule has 0 bridgehead atoms.